The van der Waals surface area contributed by atoms with E-state index < -0.39 is 5.79 Å². The summed E-state index contributed by atoms with van der Waals surface area (Å²) < 4.78 is 11.7. The molecule has 20 heavy (non-hydrogen) atoms. The number of carbonyl (C=O) groups is 1. The minimum atomic E-state index is -0.619. The molecule has 3 heteroatoms. The molecule has 0 atom stereocenters. The first kappa shape index (κ1) is 13.8. The molecule has 0 amide bonds. The second-order valence-electron chi connectivity index (χ2n) is 6.37. The number of rotatable bonds is 2. The minimum Gasteiger partial charge on any atom is -0.343 e. The zero-order chi connectivity index (χ0) is 14.4. The third-order valence-electron chi connectivity index (χ3n) is 4.69. The van der Waals surface area contributed by atoms with E-state index >= 15 is 0 Å². The molecule has 0 unspecified atom stereocenters. The normalized spacial score (nSPS) is 23.6. The van der Waals surface area contributed by atoms with Gasteiger partial charge >= 0.3 is 0 Å². The van der Waals surface area contributed by atoms with Crippen LogP contribution < -0.4 is 0 Å². The Balaban J connectivity index is 2.10. The van der Waals surface area contributed by atoms with Gasteiger partial charge in [-0.1, -0.05) is 32.9 Å². The van der Waals surface area contributed by atoms with Crippen LogP contribution >= 0.6 is 0 Å². The largest absolute Gasteiger partial charge is 0.343 e. The smallest absolute Gasteiger partial charge is 0.194 e. The van der Waals surface area contributed by atoms with E-state index in [-0.39, 0.29) is 11.2 Å². The SMILES string of the molecule is CCC1(c2ccc3c(c2)C(C)(C)CCC3=O)OCCO1. The molecule has 0 aromatic heterocycles. The van der Waals surface area contributed by atoms with E-state index in [4.69, 9.17) is 9.47 Å². The topological polar surface area (TPSA) is 35.5 Å². The summed E-state index contributed by atoms with van der Waals surface area (Å²) in [6.07, 6.45) is 2.33. The zero-order valence-electron chi connectivity index (χ0n) is 12.5. The number of ketones is 1. The van der Waals surface area contributed by atoms with Crippen molar-refractivity contribution in [1.29, 1.82) is 0 Å². The Hall–Kier alpha value is -1.19. The Morgan fingerprint density at radius 1 is 1.20 bits per heavy atom. The molecule has 108 valence electrons. The van der Waals surface area contributed by atoms with E-state index in [2.05, 4.69) is 26.8 Å². The number of carbonyl (C=O) groups excluding carboxylic acids is 1. The highest BCUT2D eigenvalue weighted by molar-refractivity contribution is 5.99. The number of benzene rings is 1. The monoisotopic (exact) mass is 274 g/mol. The molecule has 3 nitrogen and oxygen atoms in total. The first-order valence-corrected chi connectivity index (χ1v) is 7.45. The van der Waals surface area contributed by atoms with Crippen LogP contribution in [0.3, 0.4) is 0 Å². The molecule has 1 aliphatic heterocycles. The second-order valence-corrected chi connectivity index (χ2v) is 6.37. The number of hydrogen-bond acceptors (Lipinski definition) is 3. The van der Waals surface area contributed by atoms with Crippen LogP contribution in [-0.4, -0.2) is 19.0 Å². The van der Waals surface area contributed by atoms with E-state index in [1.165, 1.54) is 0 Å². The lowest BCUT2D eigenvalue weighted by Crippen LogP contribution is -2.30. The lowest BCUT2D eigenvalue weighted by atomic mass is 9.71. The molecule has 0 bridgehead atoms. The number of fused-ring (bicyclic) bond motifs is 1. The van der Waals surface area contributed by atoms with Crippen LogP contribution in [0.15, 0.2) is 18.2 Å². The molecule has 0 spiro atoms. The van der Waals surface area contributed by atoms with Gasteiger partial charge in [0.25, 0.3) is 0 Å². The molecule has 1 aromatic rings. The van der Waals surface area contributed by atoms with Gasteiger partial charge in [-0.15, -0.1) is 0 Å². The fourth-order valence-electron chi connectivity index (χ4n) is 3.31. The van der Waals surface area contributed by atoms with Gasteiger partial charge in [-0.3, -0.25) is 4.79 Å². The van der Waals surface area contributed by atoms with Crippen molar-refractivity contribution in [2.75, 3.05) is 13.2 Å². The van der Waals surface area contributed by atoms with Crippen LogP contribution in [0.4, 0.5) is 0 Å². The molecule has 0 N–H and O–H groups in total. The maximum atomic E-state index is 12.1. The summed E-state index contributed by atoms with van der Waals surface area (Å²) in [5.41, 5.74) is 3.08. The van der Waals surface area contributed by atoms with Gasteiger partial charge in [-0.25, -0.2) is 0 Å². The van der Waals surface area contributed by atoms with E-state index in [0.29, 0.717) is 19.6 Å². The van der Waals surface area contributed by atoms with Crippen molar-refractivity contribution >= 4 is 5.78 Å². The Kier molecular flexibility index (Phi) is 3.22. The Bertz CT molecular complexity index is 539. The third kappa shape index (κ3) is 2.00. The lowest BCUT2D eigenvalue weighted by molar-refractivity contribution is -0.167. The quantitative estimate of drug-likeness (QED) is 0.827. The first-order valence-electron chi connectivity index (χ1n) is 7.45. The summed E-state index contributed by atoms with van der Waals surface area (Å²) in [5, 5.41) is 0. The van der Waals surface area contributed by atoms with Crippen molar-refractivity contribution in [2.24, 2.45) is 0 Å². The summed E-state index contributed by atoms with van der Waals surface area (Å²) >= 11 is 0. The molecule has 1 saturated heterocycles. The van der Waals surface area contributed by atoms with E-state index in [1.807, 2.05) is 12.1 Å². The van der Waals surface area contributed by atoms with Gasteiger partial charge in [0.15, 0.2) is 11.6 Å². The molecule has 2 aliphatic rings. The average molecular weight is 274 g/mol. The molecular weight excluding hydrogens is 252 g/mol. The summed E-state index contributed by atoms with van der Waals surface area (Å²) in [4.78, 5) is 12.1. The maximum Gasteiger partial charge on any atom is 0.194 e. The third-order valence-corrected chi connectivity index (χ3v) is 4.69. The van der Waals surface area contributed by atoms with Crippen LogP contribution in [0.5, 0.6) is 0 Å². The van der Waals surface area contributed by atoms with Crippen molar-refractivity contribution in [3.8, 4) is 0 Å². The number of Topliss-reactive ketones (excluding diaryl/α,β-unsaturated/α-hetero) is 1. The van der Waals surface area contributed by atoms with Gasteiger partial charge < -0.3 is 9.47 Å². The highest BCUT2D eigenvalue weighted by Crippen LogP contribution is 2.41. The van der Waals surface area contributed by atoms with Gasteiger partial charge in [-0.2, -0.15) is 0 Å². The summed E-state index contributed by atoms with van der Waals surface area (Å²) in [5.74, 6) is -0.365. The maximum absolute atomic E-state index is 12.1. The van der Waals surface area contributed by atoms with Gasteiger partial charge in [0.1, 0.15) is 0 Å². The van der Waals surface area contributed by atoms with Gasteiger partial charge in [0.05, 0.1) is 13.2 Å². The second kappa shape index (κ2) is 4.68. The van der Waals surface area contributed by atoms with Gasteiger partial charge in [0, 0.05) is 24.0 Å². The Morgan fingerprint density at radius 2 is 1.90 bits per heavy atom. The van der Waals surface area contributed by atoms with Crippen LogP contribution in [0.1, 0.15) is 61.5 Å². The molecule has 0 saturated carbocycles. The highest BCUT2D eigenvalue weighted by atomic mass is 16.7. The van der Waals surface area contributed by atoms with E-state index in [0.717, 1.165) is 29.5 Å². The summed E-state index contributed by atoms with van der Waals surface area (Å²) in [6.45, 7) is 7.75. The molecule has 1 aliphatic carbocycles. The van der Waals surface area contributed by atoms with Crippen LogP contribution in [-0.2, 0) is 20.7 Å². The summed E-state index contributed by atoms with van der Waals surface area (Å²) in [6, 6.07) is 6.07. The molecule has 1 heterocycles. The molecule has 3 rings (SSSR count). The molecule has 1 aromatic carbocycles. The fourth-order valence-corrected chi connectivity index (χ4v) is 3.31. The lowest BCUT2D eigenvalue weighted by Gasteiger charge is -2.34. The molecule has 0 radical (unpaired) electrons. The number of ether oxygens (including phenoxy) is 2. The van der Waals surface area contributed by atoms with E-state index in [1.54, 1.807) is 0 Å². The van der Waals surface area contributed by atoms with Crippen molar-refractivity contribution in [1.82, 2.24) is 0 Å². The van der Waals surface area contributed by atoms with Crippen molar-refractivity contribution in [2.45, 2.75) is 51.2 Å². The minimum absolute atomic E-state index is 0.0345. The van der Waals surface area contributed by atoms with Crippen molar-refractivity contribution in [3.05, 3.63) is 34.9 Å². The van der Waals surface area contributed by atoms with E-state index in [9.17, 15) is 4.79 Å². The summed E-state index contributed by atoms with van der Waals surface area (Å²) in [7, 11) is 0. The molecule has 1 fully saturated rings. The fraction of sp³-hybridized carbons (Fsp3) is 0.588. The van der Waals surface area contributed by atoms with Crippen molar-refractivity contribution in [3.63, 3.8) is 0 Å². The molecular formula is C17H22O3. The van der Waals surface area contributed by atoms with Crippen LogP contribution in [0.2, 0.25) is 0 Å². The van der Waals surface area contributed by atoms with Gasteiger partial charge in [-0.05, 0) is 23.5 Å². The Morgan fingerprint density at radius 3 is 2.55 bits per heavy atom. The van der Waals surface area contributed by atoms with Crippen LogP contribution in [0, 0.1) is 0 Å². The predicted molar refractivity (Wildman–Crippen MR) is 76.9 cm³/mol. The van der Waals surface area contributed by atoms with Crippen molar-refractivity contribution < 1.29 is 14.3 Å². The van der Waals surface area contributed by atoms with Gasteiger partial charge in [0.2, 0.25) is 0 Å². The predicted octanol–water partition coefficient (Wildman–Crippen LogP) is 3.55. The number of hydrogen-bond donors (Lipinski definition) is 0. The standard InChI is InChI=1S/C17H22O3/c1-4-17(19-9-10-20-17)12-5-6-13-14(11-12)16(2,3)8-7-15(13)18/h5-6,11H,4,7-10H2,1-3H3. The Labute approximate surface area is 120 Å². The average Bonchev–Trinajstić information content (AvgIpc) is 2.93. The van der Waals surface area contributed by atoms with Crippen LogP contribution in [0.25, 0.3) is 0 Å². The highest BCUT2D eigenvalue weighted by Gasteiger charge is 2.39. The first-order chi connectivity index (χ1) is 9.48. The zero-order valence-corrected chi connectivity index (χ0v) is 12.5.